The Bertz CT molecular complexity index is 260. The number of rotatable bonds is 0. The summed E-state index contributed by atoms with van der Waals surface area (Å²) < 4.78 is 36.1. The third-order valence-electron chi connectivity index (χ3n) is 1.70. The number of hydrogen-bond donors (Lipinski definition) is 0. The van der Waals surface area contributed by atoms with Crippen LogP contribution in [0.1, 0.15) is 12.8 Å². The minimum absolute atomic E-state index is 0.0461. The molecule has 0 amide bonds. The lowest BCUT2D eigenvalue weighted by atomic mass is 9.94. The van der Waals surface area contributed by atoms with Gasteiger partial charge in [0.15, 0.2) is 5.78 Å². The van der Waals surface area contributed by atoms with Gasteiger partial charge in [-0.15, -0.1) is 0 Å². The number of carbonyl (C=O) groups excluding carboxylic acids is 1. The Hall–Kier alpha value is -1.06. The molecule has 66 valence electrons. The van der Waals surface area contributed by atoms with Crippen molar-refractivity contribution in [2.24, 2.45) is 0 Å². The molecule has 0 spiro atoms. The lowest BCUT2D eigenvalue weighted by Gasteiger charge is -2.16. The quantitative estimate of drug-likeness (QED) is 0.409. The van der Waals surface area contributed by atoms with E-state index in [2.05, 4.69) is 6.58 Å². The molecule has 0 N–H and O–H groups in total. The lowest BCUT2D eigenvalue weighted by molar-refractivity contribution is -0.116. The average molecular weight is 176 g/mol. The highest BCUT2D eigenvalue weighted by atomic mass is 19.4. The van der Waals surface area contributed by atoms with E-state index in [9.17, 15) is 18.0 Å². The Balaban J connectivity index is 2.84. The minimum atomic E-state index is -4.32. The molecule has 1 rings (SSSR count). The molecule has 0 unspecified atom stereocenters. The number of carbonyl (C=O) groups is 1. The molecule has 4 heteroatoms. The van der Waals surface area contributed by atoms with Crippen LogP contribution in [-0.4, -0.2) is 12.0 Å². The predicted molar refractivity (Wildman–Crippen MR) is 37.5 cm³/mol. The fraction of sp³-hybridized carbons (Fsp3) is 0.375. The standard InChI is InChI=1S/C8H7F3O/c1-5-4-6(8(9,10)11)2-3-7(5)12/h2H,1,3-4H2. The van der Waals surface area contributed by atoms with E-state index in [0.29, 0.717) is 0 Å². The van der Waals surface area contributed by atoms with Crippen molar-refractivity contribution in [2.45, 2.75) is 19.0 Å². The van der Waals surface area contributed by atoms with Crippen LogP contribution in [0.2, 0.25) is 0 Å². The monoisotopic (exact) mass is 176 g/mol. The number of Topliss-reactive ketones (excluding diaryl/α,β-unsaturated/α-hetero) is 1. The highest BCUT2D eigenvalue weighted by molar-refractivity contribution is 5.97. The molecular weight excluding hydrogens is 169 g/mol. The van der Waals surface area contributed by atoms with E-state index in [1.54, 1.807) is 0 Å². The molecule has 1 aliphatic carbocycles. The molecule has 0 fully saturated rings. The molecule has 1 aliphatic rings. The van der Waals surface area contributed by atoms with Crippen molar-refractivity contribution in [1.82, 2.24) is 0 Å². The largest absolute Gasteiger partial charge is 0.412 e. The van der Waals surface area contributed by atoms with Gasteiger partial charge in [-0.25, -0.2) is 0 Å². The summed E-state index contributed by atoms with van der Waals surface area (Å²) in [4.78, 5) is 10.8. The van der Waals surface area contributed by atoms with Crippen molar-refractivity contribution >= 4 is 5.78 Å². The van der Waals surface area contributed by atoms with E-state index < -0.39 is 11.7 Å². The first kappa shape index (κ1) is 9.03. The van der Waals surface area contributed by atoms with Gasteiger partial charge < -0.3 is 0 Å². The molecule has 0 saturated heterocycles. The summed E-state index contributed by atoms with van der Waals surface area (Å²) >= 11 is 0. The van der Waals surface area contributed by atoms with Gasteiger partial charge in [0.05, 0.1) is 0 Å². The molecule has 0 aliphatic heterocycles. The first-order chi connectivity index (χ1) is 5.41. The van der Waals surface area contributed by atoms with Crippen LogP contribution in [0.3, 0.4) is 0 Å². The molecule has 0 radical (unpaired) electrons. The zero-order chi connectivity index (χ0) is 9.35. The van der Waals surface area contributed by atoms with E-state index in [4.69, 9.17) is 0 Å². The number of allylic oxidation sites excluding steroid dienone is 3. The van der Waals surface area contributed by atoms with Gasteiger partial charge in [0.1, 0.15) is 0 Å². The minimum Gasteiger partial charge on any atom is -0.294 e. The zero-order valence-electron chi connectivity index (χ0n) is 6.24. The van der Waals surface area contributed by atoms with Gasteiger partial charge in [-0.2, -0.15) is 13.2 Å². The van der Waals surface area contributed by atoms with Gasteiger partial charge in [-0.3, -0.25) is 4.79 Å². The van der Waals surface area contributed by atoms with E-state index in [1.165, 1.54) is 0 Å². The van der Waals surface area contributed by atoms with Crippen molar-refractivity contribution in [3.8, 4) is 0 Å². The second kappa shape index (κ2) is 2.77. The Morgan fingerprint density at radius 3 is 2.42 bits per heavy atom. The number of ketones is 1. The maximum Gasteiger partial charge on any atom is 0.412 e. The maximum atomic E-state index is 12.0. The molecule has 12 heavy (non-hydrogen) atoms. The predicted octanol–water partition coefficient (Wildman–Crippen LogP) is 2.39. The molecule has 0 bridgehead atoms. The first-order valence-corrected chi connectivity index (χ1v) is 3.38. The van der Waals surface area contributed by atoms with Crippen LogP contribution in [0.15, 0.2) is 23.8 Å². The molecule has 0 saturated carbocycles. The summed E-state index contributed by atoms with van der Waals surface area (Å²) in [7, 11) is 0. The van der Waals surface area contributed by atoms with Gasteiger partial charge in [0.2, 0.25) is 0 Å². The molecule has 0 heterocycles. The van der Waals surface area contributed by atoms with Crippen molar-refractivity contribution < 1.29 is 18.0 Å². The van der Waals surface area contributed by atoms with Crippen molar-refractivity contribution in [3.05, 3.63) is 23.8 Å². The lowest BCUT2D eigenvalue weighted by Crippen LogP contribution is -2.18. The Kier molecular flexibility index (Phi) is 2.08. The Labute approximate surface area is 67.6 Å². The molecule has 1 nitrogen and oxygen atoms in total. The van der Waals surface area contributed by atoms with Crippen molar-refractivity contribution in [1.29, 1.82) is 0 Å². The molecule has 0 aromatic carbocycles. The van der Waals surface area contributed by atoms with Crippen LogP contribution < -0.4 is 0 Å². The number of alkyl halides is 3. The van der Waals surface area contributed by atoms with E-state index >= 15 is 0 Å². The van der Waals surface area contributed by atoms with E-state index in [0.717, 1.165) is 6.08 Å². The Morgan fingerprint density at radius 1 is 1.42 bits per heavy atom. The maximum absolute atomic E-state index is 12.0. The molecule has 0 aromatic rings. The van der Waals surface area contributed by atoms with Crippen LogP contribution in [0.25, 0.3) is 0 Å². The SMILES string of the molecule is C=C1CC(C(F)(F)F)=CCC1=O. The topological polar surface area (TPSA) is 17.1 Å². The van der Waals surface area contributed by atoms with Gasteiger partial charge >= 0.3 is 6.18 Å². The second-order valence-corrected chi connectivity index (χ2v) is 2.63. The van der Waals surface area contributed by atoms with E-state index in [-0.39, 0.29) is 24.2 Å². The smallest absolute Gasteiger partial charge is 0.294 e. The average Bonchev–Trinajstić information content (AvgIpc) is 1.92. The van der Waals surface area contributed by atoms with Gasteiger partial charge in [-0.05, 0) is 5.57 Å². The molecule has 0 aromatic heterocycles. The summed E-state index contributed by atoms with van der Waals surface area (Å²) in [5.74, 6) is -0.303. The van der Waals surface area contributed by atoms with Gasteiger partial charge in [-0.1, -0.05) is 12.7 Å². The number of halogens is 3. The van der Waals surface area contributed by atoms with Crippen LogP contribution >= 0.6 is 0 Å². The third kappa shape index (κ3) is 1.75. The fourth-order valence-corrected chi connectivity index (χ4v) is 0.977. The molecule has 0 atom stereocenters. The van der Waals surface area contributed by atoms with Crippen LogP contribution in [0.4, 0.5) is 13.2 Å². The first-order valence-electron chi connectivity index (χ1n) is 3.38. The summed E-state index contributed by atoms with van der Waals surface area (Å²) in [6.07, 6.45) is -3.92. The summed E-state index contributed by atoms with van der Waals surface area (Å²) in [6.45, 7) is 3.27. The highest BCUT2D eigenvalue weighted by Crippen LogP contribution is 2.33. The number of hydrogen-bond acceptors (Lipinski definition) is 1. The summed E-state index contributed by atoms with van der Waals surface area (Å²) in [5.41, 5.74) is -0.614. The third-order valence-corrected chi connectivity index (χ3v) is 1.70. The van der Waals surface area contributed by atoms with Gasteiger partial charge in [0, 0.05) is 18.4 Å². The van der Waals surface area contributed by atoms with Crippen molar-refractivity contribution in [3.63, 3.8) is 0 Å². The van der Waals surface area contributed by atoms with Crippen LogP contribution in [0, 0.1) is 0 Å². The zero-order valence-corrected chi connectivity index (χ0v) is 6.24. The second-order valence-electron chi connectivity index (χ2n) is 2.63. The van der Waals surface area contributed by atoms with Crippen LogP contribution in [-0.2, 0) is 4.79 Å². The highest BCUT2D eigenvalue weighted by Gasteiger charge is 2.35. The van der Waals surface area contributed by atoms with Gasteiger partial charge in [0.25, 0.3) is 0 Å². The Morgan fingerprint density at radius 2 is 2.00 bits per heavy atom. The summed E-state index contributed by atoms with van der Waals surface area (Å²) in [5, 5.41) is 0. The van der Waals surface area contributed by atoms with Crippen molar-refractivity contribution in [2.75, 3.05) is 0 Å². The van der Waals surface area contributed by atoms with E-state index in [1.807, 2.05) is 0 Å². The fourth-order valence-electron chi connectivity index (χ4n) is 0.977. The normalized spacial score (nSPS) is 19.4. The molecular formula is C8H7F3O. The van der Waals surface area contributed by atoms with Crippen LogP contribution in [0.5, 0.6) is 0 Å². The summed E-state index contributed by atoms with van der Waals surface area (Å²) in [6, 6.07) is 0.